The van der Waals surface area contributed by atoms with Crippen LogP contribution in [0.15, 0.2) is 15.5 Å². The monoisotopic (exact) mass is 218 g/mol. The first-order valence-corrected chi connectivity index (χ1v) is 3.66. The number of anilines is 1. The van der Waals surface area contributed by atoms with Gasteiger partial charge in [0.1, 0.15) is 4.60 Å². The molecule has 0 aliphatic heterocycles. The minimum atomic E-state index is -0.254. The molecule has 0 saturated heterocycles. The lowest BCUT2D eigenvalue weighted by atomic mass is 10.4. The van der Waals surface area contributed by atoms with E-state index in [1.807, 2.05) is 0 Å². The molecule has 3 N–H and O–H groups in total. The van der Waals surface area contributed by atoms with E-state index in [0.29, 0.717) is 16.0 Å². The van der Waals surface area contributed by atoms with Crippen LogP contribution in [0.5, 0.6) is 5.75 Å². The van der Waals surface area contributed by atoms with Crippen LogP contribution in [0.4, 0.5) is 5.69 Å². The number of rotatable bonds is 1. The molecule has 4 nitrogen and oxygen atoms in total. The first-order valence-electron chi connectivity index (χ1n) is 2.87. The third kappa shape index (κ3) is 1.54. The van der Waals surface area contributed by atoms with E-state index in [1.165, 1.54) is 13.2 Å². The zero-order valence-electron chi connectivity index (χ0n) is 5.85. The highest BCUT2D eigenvalue weighted by atomic mass is 79.9. The van der Waals surface area contributed by atoms with Gasteiger partial charge in [0.15, 0.2) is 5.75 Å². The van der Waals surface area contributed by atoms with Crippen molar-refractivity contribution in [1.29, 1.82) is 0 Å². The van der Waals surface area contributed by atoms with E-state index in [-0.39, 0.29) is 5.56 Å². The molecule has 1 rings (SSSR count). The van der Waals surface area contributed by atoms with Crippen molar-refractivity contribution in [2.45, 2.75) is 0 Å². The Hall–Kier alpha value is -0.970. The lowest BCUT2D eigenvalue weighted by Crippen LogP contribution is -2.07. The van der Waals surface area contributed by atoms with Crippen LogP contribution in [0, 0.1) is 0 Å². The molecule has 1 heterocycles. The number of aromatic amines is 1. The van der Waals surface area contributed by atoms with Crippen LogP contribution in [0.25, 0.3) is 0 Å². The van der Waals surface area contributed by atoms with Gasteiger partial charge in [0.05, 0.1) is 12.8 Å². The summed E-state index contributed by atoms with van der Waals surface area (Å²) in [4.78, 5) is 13.2. The van der Waals surface area contributed by atoms with Crippen molar-refractivity contribution in [1.82, 2.24) is 4.98 Å². The van der Waals surface area contributed by atoms with Crippen LogP contribution < -0.4 is 16.0 Å². The van der Waals surface area contributed by atoms with Gasteiger partial charge in [-0.05, 0) is 15.9 Å². The molecular formula is C6H7BrN2O2. The summed E-state index contributed by atoms with van der Waals surface area (Å²) in [5.74, 6) is 0.449. The molecule has 0 aliphatic carbocycles. The number of methoxy groups -OCH3 is 1. The second-order valence-electron chi connectivity index (χ2n) is 1.94. The van der Waals surface area contributed by atoms with Crippen molar-refractivity contribution in [3.8, 4) is 5.75 Å². The summed E-state index contributed by atoms with van der Waals surface area (Å²) in [5, 5.41) is 0. The van der Waals surface area contributed by atoms with Gasteiger partial charge in [-0.3, -0.25) is 4.79 Å². The van der Waals surface area contributed by atoms with E-state index in [4.69, 9.17) is 10.5 Å². The van der Waals surface area contributed by atoms with Gasteiger partial charge in [0, 0.05) is 6.07 Å². The molecule has 0 aromatic carbocycles. The van der Waals surface area contributed by atoms with E-state index in [2.05, 4.69) is 20.9 Å². The van der Waals surface area contributed by atoms with Gasteiger partial charge < -0.3 is 15.5 Å². The quantitative estimate of drug-likeness (QED) is 0.684. The van der Waals surface area contributed by atoms with Crippen LogP contribution in [-0.2, 0) is 0 Å². The molecule has 0 atom stereocenters. The number of aromatic nitrogens is 1. The fourth-order valence-corrected chi connectivity index (χ4v) is 1.33. The SMILES string of the molecule is COc1c(N)cc(=O)[nH]c1Br. The predicted molar refractivity (Wildman–Crippen MR) is 45.7 cm³/mol. The number of hydrogen-bond acceptors (Lipinski definition) is 3. The summed E-state index contributed by atoms with van der Waals surface area (Å²) in [5.41, 5.74) is 5.53. The average Bonchev–Trinajstić information content (AvgIpc) is 1.85. The molecule has 1 aromatic rings. The molecule has 0 aliphatic rings. The summed E-state index contributed by atoms with van der Waals surface area (Å²) in [6.45, 7) is 0. The first kappa shape index (κ1) is 8.13. The van der Waals surface area contributed by atoms with Crippen molar-refractivity contribution in [2.75, 3.05) is 12.8 Å². The Morgan fingerprint density at radius 2 is 2.36 bits per heavy atom. The number of hydrogen-bond donors (Lipinski definition) is 2. The van der Waals surface area contributed by atoms with Crippen molar-refractivity contribution < 1.29 is 4.74 Å². The molecule has 0 spiro atoms. The summed E-state index contributed by atoms with van der Waals surface area (Å²) in [7, 11) is 1.48. The average molecular weight is 219 g/mol. The van der Waals surface area contributed by atoms with E-state index in [0.717, 1.165) is 0 Å². The lowest BCUT2D eigenvalue weighted by Gasteiger charge is -2.04. The van der Waals surface area contributed by atoms with Gasteiger partial charge in [-0.1, -0.05) is 0 Å². The van der Waals surface area contributed by atoms with Crippen molar-refractivity contribution in [3.05, 3.63) is 21.0 Å². The summed E-state index contributed by atoms with van der Waals surface area (Å²) >= 11 is 3.10. The highest BCUT2D eigenvalue weighted by Crippen LogP contribution is 2.26. The van der Waals surface area contributed by atoms with Crippen LogP contribution >= 0.6 is 15.9 Å². The Balaban J connectivity index is 3.36. The van der Waals surface area contributed by atoms with E-state index in [1.54, 1.807) is 0 Å². The van der Waals surface area contributed by atoms with Crippen LogP contribution in [0.2, 0.25) is 0 Å². The molecule has 0 fully saturated rings. The Kier molecular flexibility index (Phi) is 2.19. The van der Waals surface area contributed by atoms with E-state index in [9.17, 15) is 4.79 Å². The molecule has 60 valence electrons. The zero-order valence-corrected chi connectivity index (χ0v) is 7.44. The van der Waals surface area contributed by atoms with Gasteiger partial charge in [0.25, 0.3) is 5.56 Å². The number of pyridine rings is 1. The maximum absolute atomic E-state index is 10.8. The minimum Gasteiger partial charge on any atom is -0.492 e. The minimum absolute atomic E-state index is 0.254. The Bertz CT molecular complexity index is 295. The third-order valence-electron chi connectivity index (χ3n) is 1.19. The summed E-state index contributed by atoms with van der Waals surface area (Å²) < 4.78 is 5.35. The van der Waals surface area contributed by atoms with Gasteiger partial charge in [-0.2, -0.15) is 0 Å². The van der Waals surface area contributed by atoms with Crippen molar-refractivity contribution in [2.24, 2.45) is 0 Å². The molecule has 1 aromatic heterocycles. The van der Waals surface area contributed by atoms with Gasteiger partial charge >= 0.3 is 0 Å². The van der Waals surface area contributed by atoms with Crippen LogP contribution in [-0.4, -0.2) is 12.1 Å². The number of nitrogens with two attached hydrogens (primary N) is 1. The smallest absolute Gasteiger partial charge is 0.251 e. The van der Waals surface area contributed by atoms with Crippen LogP contribution in [0.1, 0.15) is 0 Å². The fraction of sp³-hybridized carbons (Fsp3) is 0.167. The second-order valence-corrected chi connectivity index (χ2v) is 2.73. The predicted octanol–water partition coefficient (Wildman–Crippen LogP) is 0.728. The maximum Gasteiger partial charge on any atom is 0.251 e. The molecule has 0 radical (unpaired) electrons. The molecule has 0 saturated carbocycles. The highest BCUT2D eigenvalue weighted by molar-refractivity contribution is 9.10. The zero-order chi connectivity index (χ0) is 8.43. The summed E-state index contributed by atoms with van der Waals surface area (Å²) in [6, 6.07) is 1.27. The molecule has 0 bridgehead atoms. The van der Waals surface area contributed by atoms with Gasteiger partial charge in [-0.15, -0.1) is 0 Å². The maximum atomic E-state index is 10.8. The normalized spacial score (nSPS) is 9.64. The molecular weight excluding hydrogens is 212 g/mol. The molecule has 0 amide bonds. The number of halogens is 1. The van der Waals surface area contributed by atoms with Crippen molar-refractivity contribution >= 4 is 21.6 Å². The van der Waals surface area contributed by atoms with Gasteiger partial charge in [-0.25, -0.2) is 0 Å². The molecule has 0 unspecified atom stereocenters. The number of ether oxygens (including phenoxy) is 1. The topological polar surface area (TPSA) is 68.1 Å². The molecule has 11 heavy (non-hydrogen) atoms. The summed E-state index contributed by atoms with van der Waals surface area (Å²) in [6.07, 6.45) is 0. The largest absolute Gasteiger partial charge is 0.492 e. The standard InChI is InChI=1S/C6H7BrN2O2/c1-11-5-3(8)2-4(10)9-6(5)7/h2H,1H3,(H3,8,9,10). The first-order chi connectivity index (χ1) is 5.15. The lowest BCUT2D eigenvalue weighted by molar-refractivity contribution is 0.411. The Morgan fingerprint density at radius 1 is 1.73 bits per heavy atom. The third-order valence-corrected chi connectivity index (χ3v) is 1.74. The van der Waals surface area contributed by atoms with Crippen LogP contribution in [0.3, 0.4) is 0 Å². The van der Waals surface area contributed by atoms with E-state index >= 15 is 0 Å². The number of nitrogens with one attached hydrogen (secondary N) is 1. The Morgan fingerprint density at radius 3 is 2.82 bits per heavy atom. The van der Waals surface area contributed by atoms with Crippen molar-refractivity contribution in [3.63, 3.8) is 0 Å². The van der Waals surface area contributed by atoms with E-state index < -0.39 is 0 Å². The Labute approximate surface area is 71.5 Å². The fourth-order valence-electron chi connectivity index (χ4n) is 0.742. The molecule has 5 heteroatoms. The van der Waals surface area contributed by atoms with Gasteiger partial charge in [0.2, 0.25) is 0 Å². The number of nitrogen functional groups attached to an aromatic ring is 1. The second kappa shape index (κ2) is 2.96. The highest BCUT2D eigenvalue weighted by Gasteiger charge is 2.04. The number of H-pyrrole nitrogens is 1.